The second-order valence-corrected chi connectivity index (χ2v) is 9.41. The van der Waals surface area contributed by atoms with Gasteiger partial charge in [0.1, 0.15) is 5.75 Å². The Labute approximate surface area is 188 Å². The van der Waals surface area contributed by atoms with E-state index in [9.17, 15) is 9.59 Å². The van der Waals surface area contributed by atoms with Crippen molar-refractivity contribution >= 4 is 28.8 Å². The van der Waals surface area contributed by atoms with E-state index in [1.165, 1.54) is 12.8 Å². The van der Waals surface area contributed by atoms with E-state index in [1.54, 1.807) is 18.4 Å². The highest BCUT2D eigenvalue weighted by Gasteiger charge is 2.37. The van der Waals surface area contributed by atoms with Gasteiger partial charge in [0, 0.05) is 36.7 Å². The van der Waals surface area contributed by atoms with Gasteiger partial charge in [-0.25, -0.2) is 0 Å². The summed E-state index contributed by atoms with van der Waals surface area (Å²) < 4.78 is 5.21. The molecule has 7 heteroatoms. The van der Waals surface area contributed by atoms with Gasteiger partial charge in [0.2, 0.25) is 11.8 Å². The Bertz CT molecular complexity index is 855. The molecule has 0 spiro atoms. The summed E-state index contributed by atoms with van der Waals surface area (Å²) in [5.41, 5.74) is 0.790. The molecule has 2 fully saturated rings. The van der Waals surface area contributed by atoms with Crippen LogP contribution in [0.5, 0.6) is 5.75 Å². The van der Waals surface area contributed by atoms with Crippen LogP contribution in [0.2, 0.25) is 0 Å². The number of carbonyl (C=O) groups excluding carboxylic acids is 2. The molecule has 1 aliphatic heterocycles. The predicted octanol–water partition coefficient (Wildman–Crippen LogP) is 3.64. The molecule has 1 N–H and O–H groups in total. The number of benzene rings is 1. The highest BCUT2D eigenvalue weighted by atomic mass is 32.1. The Kier molecular flexibility index (Phi) is 7.25. The number of amides is 2. The molecule has 1 aromatic heterocycles. The van der Waals surface area contributed by atoms with Gasteiger partial charge in [-0.05, 0) is 54.5 Å². The minimum absolute atomic E-state index is 0.0652. The third kappa shape index (κ3) is 5.46. The van der Waals surface area contributed by atoms with Crippen LogP contribution in [0.4, 0.5) is 5.69 Å². The fraction of sp³-hybridized carbons (Fsp3) is 0.500. The molecule has 2 heterocycles. The molecule has 2 aliphatic rings. The van der Waals surface area contributed by atoms with Crippen LogP contribution in [0.3, 0.4) is 0 Å². The third-order valence-corrected chi connectivity index (χ3v) is 7.31. The number of nitrogens with zero attached hydrogens (tertiary/aromatic N) is 2. The summed E-state index contributed by atoms with van der Waals surface area (Å²) in [6.07, 6.45) is 5.05. The fourth-order valence-electron chi connectivity index (χ4n) is 4.77. The van der Waals surface area contributed by atoms with Crippen molar-refractivity contribution in [1.82, 2.24) is 9.80 Å². The molecule has 6 nitrogen and oxygen atoms in total. The van der Waals surface area contributed by atoms with Crippen molar-refractivity contribution < 1.29 is 14.3 Å². The SMILES string of the molecule is COc1ccc(NC(=O)C(C2CCCC2)N2CCN(C(=O)Cc3cccs3)CC2)cc1. The van der Waals surface area contributed by atoms with Gasteiger partial charge in [-0.15, -0.1) is 11.3 Å². The zero-order chi connectivity index (χ0) is 21.6. The van der Waals surface area contributed by atoms with E-state index in [1.807, 2.05) is 46.7 Å². The van der Waals surface area contributed by atoms with E-state index in [2.05, 4.69) is 10.2 Å². The van der Waals surface area contributed by atoms with Crippen LogP contribution >= 0.6 is 11.3 Å². The van der Waals surface area contributed by atoms with Crippen LogP contribution in [-0.2, 0) is 16.0 Å². The van der Waals surface area contributed by atoms with Crippen molar-refractivity contribution in [2.24, 2.45) is 5.92 Å². The molecule has 1 aromatic carbocycles. The van der Waals surface area contributed by atoms with Crippen molar-refractivity contribution in [2.45, 2.75) is 38.1 Å². The smallest absolute Gasteiger partial charge is 0.242 e. The first-order valence-corrected chi connectivity index (χ1v) is 12.0. The van der Waals surface area contributed by atoms with Gasteiger partial charge in [0.25, 0.3) is 0 Å². The van der Waals surface area contributed by atoms with Gasteiger partial charge < -0.3 is 15.0 Å². The molecular weight excluding hydrogens is 410 g/mol. The Morgan fingerprint density at radius 2 is 1.81 bits per heavy atom. The van der Waals surface area contributed by atoms with Crippen molar-refractivity contribution in [1.29, 1.82) is 0 Å². The Hall–Kier alpha value is -2.38. The molecule has 2 aromatic rings. The van der Waals surface area contributed by atoms with Crippen molar-refractivity contribution in [2.75, 3.05) is 38.6 Å². The van der Waals surface area contributed by atoms with Gasteiger partial charge in [0.15, 0.2) is 0 Å². The molecule has 31 heavy (non-hydrogen) atoms. The van der Waals surface area contributed by atoms with Crippen molar-refractivity contribution in [3.05, 3.63) is 46.7 Å². The zero-order valence-electron chi connectivity index (χ0n) is 18.1. The molecule has 1 atom stereocenters. The first-order valence-electron chi connectivity index (χ1n) is 11.1. The molecule has 1 aliphatic carbocycles. The molecular formula is C24H31N3O3S. The first kappa shape index (κ1) is 21.8. The minimum atomic E-state index is -0.140. The van der Waals surface area contributed by atoms with Crippen LogP contribution in [-0.4, -0.2) is 60.9 Å². The minimum Gasteiger partial charge on any atom is -0.497 e. The van der Waals surface area contributed by atoms with Gasteiger partial charge in [-0.2, -0.15) is 0 Å². The molecule has 0 radical (unpaired) electrons. The Morgan fingerprint density at radius 3 is 2.42 bits per heavy atom. The second kappa shape index (κ2) is 10.3. The Balaban J connectivity index is 1.38. The number of hydrogen-bond acceptors (Lipinski definition) is 5. The van der Waals surface area contributed by atoms with Crippen LogP contribution in [0.25, 0.3) is 0 Å². The summed E-state index contributed by atoms with van der Waals surface area (Å²) in [6.45, 7) is 2.85. The van der Waals surface area contributed by atoms with Crippen LogP contribution < -0.4 is 10.1 Å². The monoisotopic (exact) mass is 441 g/mol. The molecule has 1 saturated carbocycles. The number of hydrogen-bond donors (Lipinski definition) is 1. The number of rotatable bonds is 7. The van der Waals surface area contributed by atoms with E-state index in [-0.39, 0.29) is 17.9 Å². The van der Waals surface area contributed by atoms with Gasteiger partial charge >= 0.3 is 0 Å². The maximum Gasteiger partial charge on any atom is 0.242 e. The number of ether oxygens (including phenoxy) is 1. The maximum atomic E-state index is 13.3. The fourth-order valence-corrected chi connectivity index (χ4v) is 5.46. The average Bonchev–Trinajstić information content (AvgIpc) is 3.50. The summed E-state index contributed by atoms with van der Waals surface area (Å²) >= 11 is 1.63. The number of thiophene rings is 1. The lowest BCUT2D eigenvalue weighted by atomic mass is 9.94. The average molecular weight is 442 g/mol. The van der Waals surface area contributed by atoms with Crippen LogP contribution in [0.15, 0.2) is 41.8 Å². The van der Waals surface area contributed by atoms with Crippen LogP contribution in [0.1, 0.15) is 30.6 Å². The molecule has 2 amide bonds. The lowest BCUT2D eigenvalue weighted by Crippen LogP contribution is -2.57. The van der Waals surface area contributed by atoms with E-state index >= 15 is 0 Å². The van der Waals surface area contributed by atoms with E-state index in [0.29, 0.717) is 25.4 Å². The highest BCUT2D eigenvalue weighted by Crippen LogP contribution is 2.32. The molecule has 1 saturated heterocycles. The van der Waals surface area contributed by atoms with Crippen LogP contribution in [0, 0.1) is 5.92 Å². The molecule has 4 rings (SSSR count). The standard InChI is InChI=1S/C24H31N3O3S/c1-30-20-10-8-19(9-11-20)25-24(29)23(18-5-2-3-6-18)27-14-12-26(13-15-27)22(28)17-21-7-4-16-31-21/h4,7-11,16,18,23H,2-3,5-6,12-15,17H2,1H3,(H,25,29). The van der Waals surface area contributed by atoms with Gasteiger partial charge in [-0.1, -0.05) is 18.9 Å². The summed E-state index contributed by atoms with van der Waals surface area (Å²) in [4.78, 5) is 31.3. The second-order valence-electron chi connectivity index (χ2n) is 8.38. The van der Waals surface area contributed by atoms with E-state index in [0.717, 1.165) is 42.2 Å². The van der Waals surface area contributed by atoms with Crippen molar-refractivity contribution in [3.8, 4) is 5.75 Å². The normalized spacial score (nSPS) is 18.7. The zero-order valence-corrected chi connectivity index (χ0v) is 18.9. The Morgan fingerprint density at radius 1 is 1.10 bits per heavy atom. The third-order valence-electron chi connectivity index (χ3n) is 6.44. The lowest BCUT2D eigenvalue weighted by molar-refractivity contribution is -0.133. The largest absolute Gasteiger partial charge is 0.497 e. The molecule has 0 bridgehead atoms. The molecule has 1 unspecified atom stereocenters. The highest BCUT2D eigenvalue weighted by molar-refractivity contribution is 7.10. The van der Waals surface area contributed by atoms with Gasteiger partial charge in [0.05, 0.1) is 19.6 Å². The van der Waals surface area contributed by atoms with E-state index < -0.39 is 0 Å². The topological polar surface area (TPSA) is 61.9 Å². The number of nitrogens with one attached hydrogen (secondary N) is 1. The molecule has 166 valence electrons. The summed E-state index contributed by atoms with van der Waals surface area (Å²) in [6, 6.07) is 11.3. The number of carbonyl (C=O) groups is 2. The van der Waals surface area contributed by atoms with Gasteiger partial charge in [-0.3, -0.25) is 14.5 Å². The summed E-state index contributed by atoms with van der Waals surface area (Å²) in [7, 11) is 1.63. The number of piperazine rings is 1. The summed E-state index contributed by atoms with van der Waals surface area (Å²) in [5, 5.41) is 5.12. The number of anilines is 1. The quantitative estimate of drug-likeness (QED) is 0.713. The summed E-state index contributed by atoms with van der Waals surface area (Å²) in [5.74, 6) is 1.40. The number of methoxy groups -OCH3 is 1. The van der Waals surface area contributed by atoms with E-state index in [4.69, 9.17) is 4.74 Å². The predicted molar refractivity (Wildman–Crippen MR) is 124 cm³/mol. The van der Waals surface area contributed by atoms with Crippen molar-refractivity contribution in [3.63, 3.8) is 0 Å². The maximum absolute atomic E-state index is 13.3. The lowest BCUT2D eigenvalue weighted by Gasteiger charge is -2.40. The first-order chi connectivity index (χ1) is 15.1.